The molecule has 0 spiro atoms. The number of carboxylic acids is 1. The van der Waals surface area contributed by atoms with Gasteiger partial charge >= 0.3 is 0 Å². The van der Waals surface area contributed by atoms with Gasteiger partial charge in [-0.3, -0.25) is 25.2 Å². The lowest BCUT2D eigenvalue weighted by molar-refractivity contribution is -0.694. The van der Waals surface area contributed by atoms with Gasteiger partial charge in [-0.25, -0.2) is 4.57 Å². The Kier molecular flexibility index (Phi) is 8.96. The molecule has 4 heterocycles. The predicted octanol–water partition coefficient (Wildman–Crippen LogP) is 1.31. The first kappa shape index (κ1) is 28.0. The van der Waals surface area contributed by atoms with Gasteiger partial charge in [0, 0.05) is 39.7 Å². The summed E-state index contributed by atoms with van der Waals surface area (Å²) < 4.78 is 1.78. The Hall–Kier alpha value is -1.97. The minimum absolute atomic E-state index is 0.0297. The molecule has 0 radical (unpaired) electrons. The molecule has 2 atom stereocenters. The lowest BCUT2D eigenvalue weighted by Crippen LogP contribution is -2.71. The molecule has 0 saturated carbocycles. The number of nitrogens with zero attached hydrogens (tertiary/aromatic N) is 3. The van der Waals surface area contributed by atoms with E-state index in [-0.39, 0.29) is 11.4 Å². The number of thioether (sulfide) groups is 4. The molecule has 1 fully saturated rings. The van der Waals surface area contributed by atoms with E-state index in [1.165, 1.54) is 52.6 Å². The number of carbonyl (C=O) groups is 3. The molecular formula is C21H20Cl2N6O4S4. The molecule has 4 rings (SSSR count). The molecular weight excluding hydrogens is 599 g/mol. The van der Waals surface area contributed by atoms with E-state index in [2.05, 4.69) is 10.3 Å². The Morgan fingerprint density at radius 1 is 1.24 bits per heavy atom. The third-order valence-corrected chi connectivity index (χ3v) is 11.1. The molecule has 10 nitrogen and oxygen atoms in total. The van der Waals surface area contributed by atoms with Crippen molar-refractivity contribution < 1.29 is 24.1 Å². The van der Waals surface area contributed by atoms with Crippen molar-refractivity contribution >= 4 is 99.5 Å². The molecule has 1 saturated heterocycles. The van der Waals surface area contributed by atoms with Crippen LogP contribution in [0.15, 0.2) is 45.1 Å². The van der Waals surface area contributed by atoms with Crippen LogP contribution in [0.4, 0.5) is 11.5 Å². The molecule has 0 bridgehead atoms. The van der Waals surface area contributed by atoms with E-state index >= 15 is 0 Å². The monoisotopic (exact) mass is 618 g/mol. The molecule has 0 aromatic carbocycles. The minimum Gasteiger partial charge on any atom is -0.543 e. The molecule has 2 amide bonds. The smallest absolute Gasteiger partial charge is 0.275 e. The zero-order chi connectivity index (χ0) is 26.9. The van der Waals surface area contributed by atoms with Gasteiger partial charge in [-0.2, -0.15) is 0 Å². The van der Waals surface area contributed by atoms with Gasteiger partial charge in [-0.05, 0) is 0 Å². The molecule has 2 aliphatic heterocycles. The topological polar surface area (TPSA) is 158 Å². The number of aromatic nitrogens is 2. The van der Waals surface area contributed by atoms with Gasteiger partial charge < -0.3 is 21.0 Å². The number of nitrogens with one attached hydrogen (secondary N) is 1. The van der Waals surface area contributed by atoms with E-state index < -0.39 is 29.2 Å². The van der Waals surface area contributed by atoms with Crippen molar-refractivity contribution in [3.8, 4) is 0 Å². The second-order valence-corrected chi connectivity index (χ2v) is 13.1. The molecule has 37 heavy (non-hydrogen) atoms. The molecule has 16 heteroatoms. The molecule has 2 unspecified atom stereocenters. The summed E-state index contributed by atoms with van der Waals surface area (Å²) in [5.74, 6) is -1.52. The number of amides is 2. The van der Waals surface area contributed by atoms with Crippen molar-refractivity contribution in [3.05, 3.63) is 45.2 Å². The van der Waals surface area contributed by atoms with E-state index in [1.807, 2.05) is 0 Å². The Labute approximate surface area is 239 Å². The lowest BCUT2D eigenvalue weighted by atomic mass is 10.1. The average molecular weight is 620 g/mol. The molecule has 0 aliphatic carbocycles. The van der Waals surface area contributed by atoms with Crippen LogP contribution in [-0.2, 0) is 21.4 Å². The number of halogens is 2. The summed E-state index contributed by atoms with van der Waals surface area (Å²) in [5, 5.41) is 16.0. The van der Waals surface area contributed by atoms with Gasteiger partial charge in [0.25, 0.3) is 11.7 Å². The second kappa shape index (κ2) is 11.8. The summed E-state index contributed by atoms with van der Waals surface area (Å²) in [4.78, 5) is 43.4. The van der Waals surface area contributed by atoms with Crippen LogP contribution in [0.5, 0.6) is 0 Å². The van der Waals surface area contributed by atoms with Crippen molar-refractivity contribution in [1.29, 1.82) is 0 Å². The number of anilines is 2. The lowest BCUT2D eigenvalue weighted by Gasteiger charge is -2.50. The van der Waals surface area contributed by atoms with Gasteiger partial charge in [0.2, 0.25) is 5.91 Å². The second-order valence-electron chi connectivity index (χ2n) is 7.75. The number of fused-ring (bicyclic) bond motifs is 1. The SMILES string of the molecule is C[n+]1c(N)cc(N)cc1SCSC1=C(C(=O)[O-])N2C(=O)C(NC(=O)CSc3c(Cl)cncc3Cl)C2SC1. The summed E-state index contributed by atoms with van der Waals surface area (Å²) in [7, 11) is 1.81. The van der Waals surface area contributed by atoms with Gasteiger partial charge in [0.05, 0.1) is 45.7 Å². The van der Waals surface area contributed by atoms with Crippen molar-refractivity contribution in [2.75, 3.05) is 28.1 Å². The van der Waals surface area contributed by atoms with Crippen LogP contribution in [0.2, 0.25) is 10.0 Å². The number of nitrogens with two attached hydrogens (primary N) is 2. The maximum absolute atomic E-state index is 12.9. The Balaban J connectivity index is 1.38. The molecule has 2 aromatic heterocycles. The number of carboxylic acid groups (broad SMARTS) is 1. The number of β-lactam (4-membered cyclic amide) rings is 1. The normalized spacial score (nSPS) is 18.9. The van der Waals surface area contributed by atoms with E-state index in [0.717, 1.165) is 16.8 Å². The average Bonchev–Trinajstić information content (AvgIpc) is 2.84. The van der Waals surface area contributed by atoms with E-state index in [0.29, 0.717) is 42.2 Å². The fraction of sp³-hybridized carbons (Fsp3) is 0.286. The summed E-state index contributed by atoms with van der Waals surface area (Å²) in [6.07, 6.45) is 2.85. The van der Waals surface area contributed by atoms with Crippen LogP contribution in [-0.4, -0.2) is 55.7 Å². The highest BCUT2D eigenvalue weighted by atomic mass is 35.5. The highest BCUT2D eigenvalue weighted by Crippen LogP contribution is 2.44. The Morgan fingerprint density at radius 3 is 2.62 bits per heavy atom. The summed E-state index contributed by atoms with van der Waals surface area (Å²) >= 11 is 17.4. The fourth-order valence-electron chi connectivity index (χ4n) is 3.56. The Bertz CT molecular complexity index is 1290. The number of aliphatic carboxylic acids is 1. The zero-order valence-electron chi connectivity index (χ0n) is 19.1. The van der Waals surface area contributed by atoms with E-state index in [4.69, 9.17) is 34.7 Å². The number of hydrogen-bond acceptors (Lipinski definition) is 11. The van der Waals surface area contributed by atoms with Crippen molar-refractivity contribution in [2.24, 2.45) is 7.05 Å². The van der Waals surface area contributed by atoms with Gasteiger partial charge in [0.15, 0.2) is 5.03 Å². The number of rotatable bonds is 9. The third kappa shape index (κ3) is 6.04. The maximum atomic E-state index is 12.9. The summed E-state index contributed by atoms with van der Waals surface area (Å²) in [5.41, 5.74) is 12.2. The number of nitrogen functional groups attached to an aromatic ring is 2. The number of carbonyl (C=O) groups excluding carboxylic acids is 3. The van der Waals surface area contributed by atoms with Crippen molar-refractivity contribution in [3.63, 3.8) is 0 Å². The van der Waals surface area contributed by atoms with Gasteiger partial charge in [0.1, 0.15) is 11.4 Å². The van der Waals surface area contributed by atoms with Crippen LogP contribution in [0, 0.1) is 0 Å². The van der Waals surface area contributed by atoms with E-state index in [9.17, 15) is 19.5 Å². The fourth-order valence-corrected chi connectivity index (χ4v) is 8.85. The number of pyridine rings is 2. The molecule has 2 aliphatic rings. The Morgan fingerprint density at radius 2 is 1.95 bits per heavy atom. The minimum atomic E-state index is -1.44. The van der Waals surface area contributed by atoms with Crippen LogP contribution < -0.4 is 26.5 Å². The molecule has 196 valence electrons. The van der Waals surface area contributed by atoms with Crippen LogP contribution in [0.3, 0.4) is 0 Å². The highest BCUT2D eigenvalue weighted by Gasteiger charge is 2.52. The van der Waals surface area contributed by atoms with Crippen LogP contribution in [0.1, 0.15) is 0 Å². The highest BCUT2D eigenvalue weighted by molar-refractivity contribution is 8.18. The first-order chi connectivity index (χ1) is 17.6. The van der Waals surface area contributed by atoms with E-state index in [1.54, 1.807) is 23.7 Å². The van der Waals surface area contributed by atoms with Gasteiger partial charge in [-0.1, -0.05) is 35.0 Å². The molecule has 5 N–H and O–H groups in total. The summed E-state index contributed by atoms with van der Waals surface area (Å²) in [6, 6.07) is 2.59. The van der Waals surface area contributed by atoms with Crippen LogP contribution in [0.25, 0.3) is 0 Å². The summed E-state index contributed by atoms with van der Waals surface area (Å²) in [6.45, 7) is 0. The third-order valence-electron chi connectivity index (χ3n) is 5.36. The standard InChI is InChI=1S/C21H20Cl2N6O4S4/c1-28-13(25)2-9(24)3-15(28)37-8-36-12-6-35-20-16(19(31)29(20)17(12)21(32)33)27-14(30)7-34-18-10(22)4-26-5-11(18)23/h2-5,16,20H,6-8H2,1H3,(H5,24,25,27,30,32,33). The van der Waals surface area contributed by atoms with Crippen molar-refractivity contribution in [1.82, 2.24) is 15.2 Å². The number of hydrogen-bond donors (Lipinski definition) is 3. The predicted molar refractivity (Wildman–Crippen MR) is 147 cm³/mol. The zero-order valence-corrected chi connectivity index (χ0v) is 23.9. The van der Waals surface area contributed by atoms with Crippen molar-refractivity contribution in [2.45, 2.75) is 21.3 Å². The van der Waals surface area contributed by atoms with Gasteiger partial charge in [-0.15, -0.1) is 35.3 Å². The maximum Gasteiger partial charge on any atom is 0.275 e. The first-order valence-electron chi connectivity index (χ1n) is 10.5. The molecule has 2 aromatic rings. The first-order valence-corrected chi connectivity index (χ1v) is 15.3. The quantitative estimate of drug-likeness (QED) is 0.161. The van der Waals surface area contributed by atoms with Crippen LogP contribution >= 0.6 is 70.2 Å². The largest absolute Gasteiger partial charge is 0.543 e.